The van der Waals surface area contributed by atoms with E-state index in [-0.39, 0.29) is 11.6 Å². The second-order valence-corrected chi connectivity index (χ2v) is 5.91. The van der Waals surface area contributed by atoms with Gasteiger partial charge in [-0.25, -0.2) is 4.98 Å². The summed E-state index contributed by atoms with van der Waals surface area (Å²) >= 11 is 0. The second kappa shape index (κ2) is 7.16. The van der Waals surface area contributed by atoms with Gasteiger partial charge in [-0.1, -0.05) is 35.9 Å². The molecule has 2 aromatic carbocycles. The van der Waals surface area contributed by atoms with Gasteiger partial charge < -0.3 is 15.6 Å². The smallest absolute Gasteiger partial charge is 0.161 e. The summed E-state index contributed by atoms with van der Waals surface area (Å²) < 4.78 is 5.45. The van der Waals surface area contributed by atoms with Gasteiger partial charge in [-0.3, -0.25) is 0 Å². The first-order chi connectivity index (χ1) is 12.5. The van der Waals surface area contributed by atoms with Crippen LogP contribution in [-0.2, 0) is 0 Å². The van der Waals surface area contributed by atoms with E-state index >= 15 is 0 Å². The van der Waals surface area contributed by atoms with E-state index < -0.39 is 0 Å². The lowest BCUT2D eigenvalue weighted by Crippen LogP contribution is -2.00. The largest absolute Gasteiger partial charge is 0.504 e. The highest BCUT2D eigenvalue weighted by Gasteiger charge is 2.15. The van der Waals surface area contributed by atoms with Crippen molar-refractivity contribution >= 4 is 5.82 Å². The molecule has 1 aromatic heterocycles. The summed E-state index contributed by atoms with van der Waals surface area (Å²) in [6.45, 7) is 4.28. The van der Waals surface area contributed by atoms with Crippen LogP contribution < -0.4 is 10.5 Å². The number of aromatic nitrogens is 1. The first-order valence-corrected chi connectivity index (χ1v) is 8.27. The first-order valence-electron chi connectivity index (χ1n) is 8.27. The second-order valence-electron chi connectivity index (χ2n) is 5.91. The summed E-state index contributed by atoms with van der Waals surface area (Å²) in [5.74, 6) is 0.586. The van der Waals surface area contributed by atoms with Crippen molar-refractivity contribution in [3.05, 3.63) is 59.7 Å². The number of nitrogens with two attached hydrogens (primary N) is 1. The monoisotopic (exact) mass is 345 g/mol. The lowest BCUT2D eigenvalue weighted by atomic mass is 9.98. The number of nitriles is 1. The molecule has 0 atom stereocenters. The molecule has 5 nitrogen and oxygen atoms in total. The molecule has 0 bridgehead atoms. The first kappa shape index (κ1) is 17.3. The Balaban J connectivity index is 2.18. The van der Waals surface area contributed by atoms with Crippen molar-refractivity contribution in [1.82, 2.24) is 4.98 Å². The number of benzene rings is 2. The fourth-order valence-electron chi connectivity index (χ4n) is 2.73. The molecule has 5 heteroatoms. The number of phenols is 1. The van der Waals surface area contributed by atoms with E-state index in [1.165, 1.54) is 0 Å². The number of hydrogen-bond donors (Lipinski definition) is 2. The molecular weight excluding hydrogens is 326 g/mol. The number of nitrogens with zero attached hydrogens (tertiary/aromatic N) is 2. The van der Waals surface area contributed by atoms with E-state index in [0.29, 0.717) is 29.2 Å². The molecule has 3 rings (SSSR count). The van der Waals surface area contributed by atoms with E-state index in [2.05, 4.69) is 11.1 Å². The number of hydrogen-bond acceptors (Lipinski definition) is 5. The third-order valence-electron chi connectivity index (χ3n) is 4.08. The number of anilines is 1. The lowest BCUT2D eigenvalue weighted by Gasteiger charge is -2.12. The molecule has 0 amide bonds. The minimum atomic E-state index is 0.0508. The van der Waals surface area contributed by atoms with E-state index in [9.17, 15) is 10.4 Å². The maximum Gasteiger partial charge on any atom is 0.161 e. The zero-order valence-electron chi connectivity index (χ0n) is 14.7. The molecule has 1 heterocycles. The van der Waals surface area contributed by atoms with Crippen LogP contribution >= 0.6 is 0 Å². The van der Waals surface area contributed by atoms with Gasteiger partial charge in [0.25, 0.3) is 0 Å². The summed E-state index contributed by atoms with van der Waals surface area (Å²) in [4.78, 5) is 4.38. The summed E-state index contributed by atoms with van der Waals surface area (Å²) in [5.41, 5.74) is 10.5. The van der Waals surface area contributed by atoms with Crippen LogP contribution in [0.4, 0.5) is 5.82 Å². The van der Waals surface area contributed by atoms with Crippen LogP contribution in [-0.4, -0.2) is 16.7 Å². The molecular formula is C21H19N3O2. The third kappa shape index (κ3) is 3.31. The van der Waals surface area contributed by atoms with Crippen LogP contribution in [0.1, 0.15) is 18.1 Å². The Kier molecular flexibility index (Phi) is 4.76. The molecule has 0 saturated heterocycles. The Morgan fingerprint density at radius 1 is 1.12 bits per heavy atom. The Morgan fingerprint density at radius 3 is 2.46 bits per heavy atom. The van der Waals surface area contributed by atoms with Crippen molar-refractivity contribution in [2.75, 3.05) is 12.3 Å². The molecule has 0 aliphatic carbocycles. The Bertz CT molecular complexity index is 989. The number of rotatable bonds is 4. The van der Waals surface area contributed by atoms with Crippen LogP contribution in [0.5, 0.6) is 11.5 Å². The van der Waals surface area contributed by atoms with Crippen molar-refractivity contribution in [2.24, 2.45) is 0 Å². The van der Waals surface area contributed by atoms with Gasteiger partial charge in [-0.15, -0.1) is 0 Å². The molecule has 130 valence electrons. The van der Waals surface area contributed by atoms with Crippen molar-refractivity contribution < 1.29 is 9.84 Å². The number of aromatic hydroxyl groups is 1. The number of pyridine rings is 1. The van der Waals surface area contributed by atoms with Crippen LogP contribution in [0.15, 0.2) is 48.5 Å². The Hall–Kier alpha value is -3.52. The quantitative estimate of drug-likeness (QED) is 0.736. The highest BCUT2D eigenvalue weighted by molar-refractivity contribution is 5.81. The summed E-state index contributed by atoms with van der Waals surface area (Å²) in [5, 5.41) is 19.5. The van der Waals surface area contributed by atoms with Gasteiger partial charge in [0.05, 0.1) is 12.3 Å². The van der Waals surface area contributed by atoms with Crippen molar-refractivity contribution in [3.8, 4) is 40.0 Å². The average molecular weight is 345 g/mol. The van der Waals surface area contributed by atoms with Gasteiger partial charge in [-0.2, -0.15) is 5.26 Å². The Labute approximate surface area is 152 Å². The molecule has 0 unspecified atom stereocenters. The highest BCUT2D eigenvalue weighted by Crippen LogP contribution is 2.36. The maximum absolute atomic E-state index is 9.93. The number of nitrogen functional groups attached to an aromatic ring is 1. The number of phenolic OH excluding ortho intramolecular Hbond substituents is 1. The van der Waals surface area contributed by atoms with Crippen LogP contribution in [0.3, 0.4) is 0 Å². The van der Waals surface area contributed by atoms with Gasteiger partial charge in [-0.05, 0) is 37.6 Å². The molecule has 3 aromatic rings. The van der Waals surface area contributed by atoms with Gasteiger partial charge in [0, 0.05) is 11.1 Å². The minimum Gasteiger partial charge on any atom is -0.504 e. The van der Waals surface area contributed by atoms with Gasteiger partial charge in [0.15, 0.2) is 11.5 Å². The molecule has 0 saturated carbocycles. The normalized spacial score (nSPS) is 10.3. The SMILES string of the molecule is CCOc1cc(-c2cc(-c3ccc(C)cc3)nc(N)c2C#N)ccc1O. The molecule has 0 aliphatic heterocycles. The van der Waals surface area contributed by atoms with Gasteiger partial charge >= 0.3 is 0 Å². The fourth-order valence-corrected chi connectivity index (χ4v) is 2.73. The maximum atomic E-state index is 9.93. The Morgan fingerprint density at radius 2 is 1.81 bits per heavy atom. The van der Waals surface area contributed by atoms with E-state index in [1.807, 2.05) is 44.2 Å². The van der Waals surface area contributed by atoms with Crippen molar-refractivity contribution in [1.29, 1.82) is 5.26 Å². The van der Waals surface area contributed by atoms with Gasteiger partial charge in [0.1, 0.15) is 17.5 Å². The zero-order valence-corrected chi connectivity index (χ0v) is 14.7. The number of aryl methyl sites for hydroxylation is 1. The van der Waals surface area contributed by atoms with Crippen LogP contribution in [0.25, 0.3) is 22.4 Å². The molecule has 26 heavy (non-hydrogen) atoms. The van der Waals surface area contributed by atoms with Crippen molar-refractivity contribution in [3.63, 3.8) is 0 Å². The summed E-state index contributed by atoms with van der Waals surface area (Å²) in [6.07, 6.45) is 0. The summed E-state index contributed by atoms with van der Waals surface area (Å²) in [6, 6.07) is 16.9. The molecule has 3 N–H and O–H groups in total. The highest BCUT2D eigenvalue weighted by atomic mass is 16.5. The predicted octanol–water partition coefficient (Wildman–Crippen LogP) is 4.28. The fraction of sp³-hybridized carbons (Fsp3) is 0.143. The standard InChI is InChI=1S/C21H19N3O2/c1-3-26-20-10-15(8-9-19(20)25)16-11-18(24-21(23)17(16)12-22)14-6-4-13(2)5-7-14/h4-11,25H,3H2,1-2H3,(H2,23,24). The number of ether oxygens (including phenoxy) is 1. The average Bonchev–Trinajstić information content (AvgIpc) is 2.63. The molecule has 0 spiro atoms. The van der Waals surface area contributed by atoms with Crippen LogP contribution in [0.2, 0.25) is 0 Å². The minimum absolute atomic E-state index is 0.0508. The third-order valence-corrected chi connectivity index (χ3v) is 4.08. The van der Waals surface area contributed by atoms with Crippen LogP contribution in [0, 0.1) is 18.3 Å². The zero-order chi connectivity index (χ0) is 18.7. The lowest BCUT2D eigenvalue weighted by molar-refractivity contribution is 0.318. The van der Waals surface area contributed by atoms with Gasteiger partial charge in [0.2, 0.25) is 0 Å². The van der Waals surface area contributed by atoms with Crippen molar-refractivity contribution in [2.45, 2.75) is 13.8 Å². The van der Waals surface area contributed by atoms with E-state index in [1.54, 1.807) is 18.2 Å². The molecule has 0 aliphatic rings. The van der Waals surface area contributed by atoms with E-state index in [0.717, 1.165) is 16.7 Å². The molecule has 0 radical (unpaired) electrons. The van der Waals surface area contributed by atoms with E-state index in [4.69, 9.17) is 10.5 Å². The topological polar surface area (TPSA) is 92.2 Å². The molecule has 0 fully saturated rings. The summed E-state index contributed by atoms with van der Waals surface area (Å²) in [7, 11) is 0. The predicted molar refractivity (Wildman–Crippen MR) is 102 cm³/mol.